The van der Waals surface area contributed by atoms with Crippen LogP contribution in [-0.2, 0) is 0 Å². The molecule has 2 rings (SSSR count). The van der Waals surface area contributed by atoms with Crippen molar-refractivity contribution in [2.24, 2.45) is 5.73 Å². The quantitative estimate of drug-likeness (QED) is 0.846. The summed E-state index contributed by atoms with van der Waals surface area (Å²) in [6.07, 6.45) is 0. The highest BCUT2D eigenvalue weighted by Gasteiger charge is 2.14. The molecule has 0 fully saturated rings. The number of nitrogens with one attached hydrogen (secondary N) is 1. The zero-order chi connectivity index (χ0) is 14.0. The number of benzene rings is 1. The Bertz CT molecular complexity index is 655. The van der Waals surface area contributed by atoms with Crippen molar-refractivity contribution in [2.45, 2.75) is 29.9 Å². The van der Waals surface area contributed by atoms with Gasteiger partial charge in [-0.05, 0) is 26.0 Å². The number of aryl methyl sites for hydroxylation is 1. The smallest absolute Gasteiger partial charge is 0.251 e. The van der Waals surface area contributed by atoms with E-state index in [1.54, 1.807) is 26.0 Å². The van der Waals surface area contributed by atoms with Gasteiger partial charge in [-0.25, -0.2) is 9.37 Å². The maximum absolute atomic E-state index is 13.8. The monoisotopic (exact) mass is 279 g/mol. The number of hydrogen-bond donors (Lipinski definition) is 2. The molecule has 0 radical (unpaired) electrons. The van der Waals surface area contributed by atoms with Gasteiger partial charge in [-0.1, -0.05) is 17.8 Å². The Balaban J connectivity index is 2.43. The van der Waals surface area contributed by atoms with Crippen LogP contribution in [0.25, 0.3) is 0 Å². The summed E-state index contributed by atoms with van der Waals surface area (Å²) >= 11 is 1.20. The van der Waals surface area contributed by atoms with Gasteiger partial charge < -0.3 is 10.7 Å². The van der Waals surface area contributed by atoms with E-state index in [-0.39, 0.29) is 11.4 Å². The zero-order valence-corrected chi connectivity index (χ0v) is 11.4. The summed E-state index contributed by atoms with van der Waals surface area (Å²) in [6, 6.07) is 5.71. The minimum Gasteiger partial charge on any atom is -0.324 e. The SMILES string of the molecule is Cc1cc(=O)[nH]c(Sc2cccc(F)c2[C@H](C)N)n1. The molecule has 0 unspecified atom stereocenters. The van der Waals surface area contributed by atoms with E-state index < -0.39 is 6.04 Å². The van der Waals surface area contributed by atoms with Crippen LogP contribution < -0.4 is 11.3 Å². The molecule has 19 heavy (non-hydrogen) atoms. The maximum atomic E-state index is 13.8. The molecule has 0 aliphatic carbocycles. The Morgan fingerprint density at radius 2 is 2.21 bits per heavy atom. The number of rotatable bonds is 3. The average molecular weight is 279 g/mol. The molecule has 0 bridgehead atoms. The normalized spacial score (nSPS) is 12.4. The molecular weight excluding hydrogens is 265 g/mol. The third kappa shape index (κ3) is 3.21. The second kappa shape index (κ2) is 5.54. The van der Waals surface area contributed by atoms with Crippen molar-refractivity contribution in [3.63, 3.8) is 0 Å². The Morgan fingerprint density at radius 3 is 2.84 bits per heavy atom. The van der Waals surface area contributed by atoms with Crippen molar-refractivity contribution in [3.05, 3.63) is 51.7 Å². The molecule has 1 heterocycles. The van der Waals surface area contributed by atoms with E-state index in [2.05, 4.69) is 9.97 Å². The third-order valence-corrected chi connectivity index (χ3v) is 3.49. The van der Waals surface area contributed by atoms with Gasteiger partial charge in [0.1, 0.15) is 5.82 Å². The molecule has 0 spiro atoms. The second-order valence-electron chi connectivity index (χ2n) is 4.23. The van der Waals surface area contributed by atoms with Crippen LogP contribution in [0.15, 0.2) is 39.1 Å². The summed E-state index contributed by atoms with van der Waals surface area (Å²) in [5.41, 5.74) is 6.60. The molecule has 1 aromatic carbocycles. The summed E-state index contributed by atoms with van der Waals surface area (Å²) in [5.74, 6) is -0.352. The summed E-state index contributed by atoms with van der Waals surface area (Å²) in [7, 11) is 0. The highest BCUT2D eigenvalue weighted by Crippen LogP contribution is 2.31. The molecule has 1 atom stereocenters. The Morgan fingerprint density at radius 1 is 1.47 bits per heavy atom. The maximum Gasteiger partial charge on any atom is 0.251 e. The van der Waals surface area contributed by atoms with Crippen molar-refractivity contribution in [3.8, 4) is 0 Å². The fourth-order valence-electron chi connectivity index (χ4n) is 1.75. The number of nitrogens with zero attached hydrogens (tertiary/aromatic N) is 1. The molecule has 0 aliphatic heterocycles. The highest BCUT2D eigenvalue weighted by molar-refractivity contribution is 7.99. The van der Waals surface area contributed by atoms with Crippen LogP contribution in [0.2, 0.25) is 0 Å². The van der Waals surface area contributed by atoms with Gasteiger partial charge >= 0.3 is 0 Å². The van der Waals surface area contributed by atoms with Gasteiger partial charge in [0.05, 0.1) is 0 Å². The molecule has 0 amide bonds. The van der Waals surface area contributed by atoms with Gasteiger partial charge in [0.25, 0.3) is 5.56 Å². The number of aromatic amines is 1. The van der Waals surface area contributed by atoms with Crippen LogP contribution in [0.4, 0.5) is 4.39 Å². The first-order valence-corrected chi connectivity index (χ1v) is 6.59. The van der Waals surface area contributed by atoms with Crippen LogP contribution in [0.1, 0.15) is 24.2 Å². The third-order valence-electron chi connectivity index (χ3n) is 2.52. The zero-order valence-electron chi connectivity index (χ0n) is 10.6. The van der Waals surface area contributed by atoms with Crippen LogP contribution in [0.3, 0.4) is 0 Å². The first-order valence-electron chi connectivity index (χ1n) is 5.77. The van der Waals surface area contributed by atoms with Crippen molar-refractivity contribution >= 4 is 11.8 Å². The minimum absolute atomic E-state index is 0.228. The van der Waals surface area contributed by atoms with E-state index in [0.717, 1.165) is 0 Å². The van der Waals surface area contributed by atoms with Crippen LogP contribution in [0.5, 0.6) is 0 Å². The highest BCUT2D eigenvalue weighted by atomic mass is 32.2. The number of aromatic nitrogens is 2. The summed E-state index contributed by atoms with van der Waals surface area (Å²) in [6.45, 7) is 3.45. The van der Waals surface area contributed by atoms with Crippen LogP contribution in [0, 0.1) is 12.7 Å². The van der Waals surface area contributed by atoms with Gasteiger partial charge in [-0.15, -0.1) is 0 Å². The van der Waals surface area contributed by atoms with Crippen LogP contribution in [-0.4, -0.2) is 9.97 Å². The lowest BCUT2D eigenvalue weighted by molar-refractivity contribution is 0.585. The van der Waals surface area contributed by atoms with Gasteiger partial charge in [0, 0.05) is 28.3 Å². The number of H-pyrrole nitrogens is 1. The lowest BCUT2D eigenvalue weighted by Crippen LogP contribution is -2.10. The second-order valence-corrected chi connectivity index (χ2v) is 5.26. The molecule has 6 heteroatoms. The predicted octanol–water partition coefficient (Wildman–Crippen LogP) is 2.39. The van der Waals surface area contributed by atoms with Gasteiger partial charge in [-0.2, -0.15) is 0 Å². The van der Waals surface area contributed by atoms with Gasteiger partial charge in [0.15, 0.2) is 5.16 Å². The fourth-order valence-corrected chi connectivity index (χ4v) is 2.84. The van der Waals surface area contributed by atoms with Crippen molar-refractivity contribution in [1.82, 2.24) is 9.97 Å². The summed E-state index contributed by atoms with van der Waals surface area (Å²) < 4.78 is 13.8. The summed E-state index contributed by atoms with van der Waals surface area (Å²) in [5, 5.41) is 0.428. The fraction of sp³-hybridized carbons (Fsp3) is 0.231. The molecule has 4 nitrogen and oxygen atoms in total. The summed E-state index contributed by atoms with van der Waals surface area (Å²) in [4.78, 5) is 18.9. The Labute approximate surface area is 114 Å². The lowest BCUT2D eigenvalue weighted by Gasteiger charge is -2.12. The molecule has 0 saturated heterocycles. The Kier molecular flexibility index (Phi) is 4.01. The molecule has 2 aromatic rings. The molecule has 3 N–H and O–H groups in total. The lowest BCUT2D eigenvalue weighted by atomic mass is 10.1. The number of hydrogen-bond acceptors (Lipinski definition) is 4. The van der Waals surface area contributed by atoms with Gasteiger partial charge in [0.2, 0.25) is 0 Å². The van der Waals surface area contributed by atoms with E-state index in [9.17, 15) is 9.18 Å². The van der Waals surface area contributed by atoms with E-state index in [4.69, 9.17) is 5.73 Å². The standard InChI is InChI=1S/C13H14FN3OS/c1-7-6-11(18)17-13(16-7)19-10-5-3-4-9(14)12(10)8(2)15/h3-6,8H,15H2,1-2H3,(H,16,17,18)/t8-/m0/s1. The number of halogens is 1. The van der Waals surface area contributed by atoms with E-state index in [1.165, 1.54) is 23.9 Å². The van der Waals surface area contributed by atoms with Gasteiger partial charge in [-0.3, -0.25) is 4.79 Å². The van der Waals surface area contributed by atoms with Crippen molar-refractivity contribution < 1.29 is 4.39 Å². The Hall–Kier alpha value is -1.66. The molecule has 0 aliphatic rings. The molecule has 100 valence electrons. The molecule has 1 aromatic heterocycles. The topological polar surface area (TPSA) is 71.8 Å². The average Bonchev–Trinajstić information content (AvgIpc) is 2.26. The minimum atomic E-state index is -0.430. The predicted molar refractivity (Wildman–Crippen MR) is 72.7 cm³/mol. The van der Waals surface area contributed by atoms with Crippen molar-refractivity contribution in [2.75, 3.05) is 0 Å². The number of nitrogens with two attached hydrogens (primary N) is 1. The van der Waals surface area contributed by atoms with Crippen molar-refractivity contribution in [1.29, 1.82) is 0 Å². The molecule has 0 saturated carbocycles. The largest absolute Gasteiger partial charge is 0.324 e. The van der Waals surface area contributed by atoms with Crippen LogP contribution >= 0.6 is 11.8 Å². The van der Waals surface area contributed by atoms with E-state index >= 15 is 0 Å². The van der Waals surface area contributed by atoms with E-state index in [0.29, 0.717) is 21.3 Å². The molecular formula is C13H14FN3OS. The first-order chi connectivity index (χ1) is 8.97. The first kappa shape index (κ1) is 13.8. The van der Waals surface area contributed by atoms with E-state index in [1.807, 2.05) is 0 Å².